The van der Waals surface area contributed by atoms with Crippen LogP contribution in [0.3, 0.4) is 0 Å². The van der Waals surface area contributed by atoms with Crippen LogP contribution in [-0.4, -0.2) is 16.8 Å². The molecule has 2 amide bonds. The van der Waals surface area contributed by atoms with E-state index >= 15 is 0 Å². The molecule has 0 saturated carbocycles. The summed E-state index contributed by atoms with van der Waals surface area (Å²) in [6.45, 7) is 7.50. The van der Waals surface area contributed by atoms with Gasteiger partial charge in [0.1, 0.15) is 0 Å². The molecule has 0 bridgehead atoms. The van der Waals surface area contributed by atoms with Crippen LogP contribution in [0.15, 0.2) is 30.5 Å². The van der Waals surface area contributed by atoms with E-state index in [2.05, 4.69) is 29.5 Å². The predicted molar refractivity (Wildman–Crippen MR) is 94.0 cm³/mol. The molecule has 6 heteroatoms. The second-order valence-corrected chi connectivity index (χ2v) is 6.80. The lowest BCUT2D eigenvalue weighted by Crippen LogP contribution is -2.18. The summed E-state index contributed by atoms with van der Waals surface area (Å²) in [6.07, 6.45) is 1.80. The number of anilines is 2. The molecule has 0 spiro atoms. The van der Waals surface area contributed by atoms with E-state index in [1.54, 1.807) is 18.3 Å². The summed E-state index contributed by atoms with van der Waals surface area (Å²) in [5, 5.41) is 6.19. The number of aromatic nitrogens is 1. The second kappa shape index (κ2) is 7.37. The molecular weight excluding hydrogens is 310 g/mol. The molecule has 0 radical (unpaired) electrons. The summed E-state index contributed by atoms with van der Waals surface area (Å²) in [7, 11) is 0. The first kappa shape index (κ1) is 17.1. The molecule has 0 aliphatic heterocycles. The number of nitrogens with zero attached hydrogens (tertiary/aromatic N) is 1. The summed E-state index contributed by atoms with van der Waals surface area (Å²) in [4.78, 5) is 28.7. The van der Waals surface area contributed by atoms with Crippen molar-refractivity contribution in [2.24, 2.45) is 0 Å². The monoisotopic (exact) mass is 331 g/mol. The maximum atomic E-state index is 12.3. The van der Waals surface area contributed by atoms with Crippen LogP contribution >= 0.6 is 11.3 Å². The summed E-state index contributed by atoms with van der Waals surface area (Å²) in [5.74, 6) is -0.111. The number of carbonyl (C=O) groups is 2. The van der Waals surface area contributed by atoms with Crippen LogP contribution in [0.4, 0.5) is 10.8 Å². The Morgan fingerprint density at radius 2 is 1.74 bits per heavy atom. The van der Waals surface area contributed by atoms with E-state index in [0.29, 0.717) is 11.0 Å². The van der Waals surface area contributed by atoms with E-state index in [4.69, 9.17) is 0 Å². The maximum Gasteiger partial charge on any atom is 0.233 e. The van der Waals surface area contributed by atoms with Crippen molar-refractivity contribution < 1.29 is 9.59 Å². The van der Waals surface area contributed by atoms with E-state index in [1.807, 2.05) is 19.1 Å². The highest BCUT2D eigenvalue weighted by Crippen LogP contribution is 2.26. The zero-order valence-electron chi connectivity index (χ0n) is 13.7. The number of carbonyl (C=O) groups excluding carboxylic acids is 2. The third-order valence-corrected chi connectivity index (χ3v) is 4.66. The molecular formula is C17H21N3O2S. The van der Waals surface area contributed by atoms with Gasteiger partial charge in [-0.1, -0.05) is 26.0 Å². The van der Waals surface area contributed by atoms with Crippen LogP contribution in [0.25, 0.3) is 0 Å². The Morgan fingerprint density at radius 3 is 2.26 bits per heavy atom. The molecule has 5 nitrogen and oxygen atoms in total. The lowest BCUT2D eigenvalue weighted by molar-refractivity contribution is -0.117. The second-order valence-electron chi connectivity index (χ2n) is 5.74. The molecule has 1 heterocycles. The van der Waals surface area contributed by atoms with E-state index < -0.39 is 0 Å². The molecule has 0 fully saturated rings. The van der Waals surface area contributed by atoms with Gasteiger partial charge in [-0.3, -0.25) is 9.59 Å². The molecule has 122 valence electrons. The Balaban J connectivity index is 2.02. The zero-order chi connectivity index (χ0) is 17.0. The molecule has 1 aromatic carbocycles. The van der Waals surface area contributed by atoms with Crippen LogP contribution in [0.1, 0.15) is 50.0 Å². The number of thiazole rings is 1. The number of nitrogens with one attached hydrogen (secondary N) is 2. The average molecular weight is 331 g/mol. The van der Waals surface area contributed by atoms with Gasteiger partial charge < -0.3 is 10.6 Å². The first-order valence-corrected chi connectivity index (χ1v) is 8.32. The maximum absolute atomic E-state index is 12.3. The van der Waals surface area contributed by atoms with Crippen molar-refractivity contribution in [2.75, 3.05) is 10.6 Å². The van der Waals surface area contributed by atoms with Gasteiger partial charge in [0.15, 0.2) is 5.13 Å². The number of hydrogen-bond acceptors (Lipinski definition) is 4. The summed E-state index contributed by atoms with van der Waals surface area (Å²) < 4.78 is 0. The number of hydrogen-bond donors (Lipinski definition) is 2. The first-order chi connectivity index (χ1) is 10.9. The van der Waals surface area contributed by atoms with Gasteiger partial charge in [0, 0.05) is 23.7 Å². The Morgan fingerprint density at radius 1 is 1.09 bits per heavy atom. The van der Waals surface area contributed by atoms with E-state index in [-0.39, 0.29) is 17.7 Å². The fourth-order valence-corrected chi connectivity index (χ4v) is 2.86. The fourth-order valence-electron chi connectivity index (χ4n) is 2.03. The van der Waals surface area contributed by atoms with Crippen molar-refractivity contribution in [1.29, 1.82) is 0 Å². The molecule has 0 saturated heterocycles. The van der Waals surface area contributed by atoms with Gasteiger partial charge in [-0.05, 0) is 30.5 Å². The number of rotatable bonds is 5. The molecule has 1 atom stereocenters. The SMILES string of the molecule is CC(=O)Nc1ccc([C@H](C)C(=O)Nc2ncc(C(C)C)s2)cc1. The fraction of sp³-hybridized carbons (Fsp3) is 0.353. The van der Waals surface area contributed by atoms with Crippen LogP contribution in [0, 0.1) is 0 Å². The Hall–Kier alpha value is -2.21. The Kier molecular flexibility index (Phi) is 5.50. The van der Waals surface area contributed by atoms with Gasteiger partial charge in [-0.25, -0.2) is 4.98 Å². The van der Waals surface area contributed by atoms with Crippen molar-refractivity contribution in [3.63, 3.8) is 0 Å². The van der Waals surface area contributed by atoms with Gasteiger partial charge in [0.25, 0.3) is 0 Å². The van der Waals surface area contributed by atoms with Crippen LogP contribution in [0.5, 0.6) is 0 Å². The van der Waals surface area contributed by atoms with Crippen LogP contribution in [-0.2, 0) is 9.59 Å². The largest absolute Gasteiger partial charge is 0.326 e. The van der Waals surface area contributed by atoms with Gasteiger partial charge in [0.05, 0.1) is 5.92 Å². The molecule has 0 aliphatic rings. The van der Waals surface area contributed by atoms with Crippen molar-refractivity contribution in [3.05, 3.63) is 40.9 Å². The Labute approximate surface area is 140 Å². The number of benzene rings is 1. The average Bonchev–Trinajstić information content (AvgIpc) is 2.95. The Bertz CT molecular complexity index is 692. The summed E-state index contributed by atoms with van der Waals surface area (Å²) in [6, 6.07) is 7.27. The van der Waals surface area contributed by atoms with Gasteiger partial charge >= 0.3 is 0 Å². The third kappa shape index (κ3) is 4.63. The first-order valence-electron chi connectivity index (χ1n) is 7.51. The topological polar surface area (TPSA) is 71.1 Å². The molecule has 2 aromatic rings. The van der Waals surface area contributed by atoms with E-state index in [9.17, 15) is 9.59 Å². The number of amides is 2. The highest BCUT2D eigenvalue weighted by atomic mass is 32.1. The molecule has 0 aliphatic carbocycles. The lowest BCUT2D eigenvalue weighted by Gasteiger charge is -2.12. The van der Waals surface area contributed by atoms with Crippen molar-refractivity contribution in [3.8, 4) is 0 Å². The summed E-state index contributed by atoms with van der Waals surface area (Å²) in [5.41, 5.74) is 1.60. The van der Waals surface area contributed by atoms with E-state index in [1.165, 1.54) is 18.3 Å². The normalized spacial score (nSPS) is 12.0. The smallest absolute Gasteiger partial charge is 0.233 e. The minimum atomic E-state index is -0.298. The minimum Gasteiger partial charge on any atom is -0.326 e. The zero-order valence-corrected chi connectivity index (χ0v) is 14.5. The molecule has 1 aromatic heterocycles. The van der Waals surface area contributed by atoms with Crippen molar-refractivity contribution in [2.45, 2.75) is 39.5 Å². The standard InChI is InChI=1S/C17H21N3O2S/c1-10(2)15-9-18-17(23-15)20-16(22)11(3)13-5-7-14(8-6-13)19-12(4)21/h5-11H,1-4H3,(H,19,21)(H,18,20,22)/t11-/m0/s1. The predicted octanol–water partition coefficient (Wildman–Crippen LogP) is 3.97. The molecule has 0 unspecified atom stereocenters. The molecule has 23 heavy (non-hydrogen) atoms. The highest BCUT2D eigenvalue weighted by Gasteiger charge is 2.17. The summed E-state index contributed by atoms with van der Waals surface area (Å²) >= 11 is 1.50. The van der Waals surface area contributed by atoms with Gasteiger partial charge in [0.2, 0.25) is 11.8 Å². The van der Waals surface area contributed by atoms with Crippen molar-refractivity contribution >= 4 is 34.0 Å². The van der Waals surface area contributed by atoms with Crippen LogP contribution in [0.2, 0.25) is 0 Å². The third-order valence-electron chi connectivity index (χ3n) is 3.45. The quantitative estimate of drug-likeness (QED) is 0.871. The van der Waals surface area contributed by atoms with Gasteiger partial charge in [-0.15, -0.1) is 11.3 Å². The molecule has 2 N–H and O–H groups in total. The molecule has 2 rings (SSSR count). The lowest BCUT2D eigenvalue weighted by atomic mass is 10.0. The van der Waals surface area contributed by atoms with Crippen molar-refractivity contribution in [1.82, 2.24) is 4.98 Å². The van der Waals surface area contributed by atoms with Crippen LogP contribution < -0.4 is 10.6 Å². The van der Waals surface area contributed by atoms with Gasteiger partial charge in [-0.2, -0.15) is 0 Å². The van der Waals surface area contributed by atoms with E-state index in [0.717, 1.165) is 16.1 Å². The minimum absolute atomic E-state index is 0.0954. The highest BCUT2D eigenvalue weighted by molar-refractivity contribution is 7.15.